The second-order valence-electron chi connectivity index (χ2n) is 11.6. The van der Waals surface area contributed by atoms with Crippen molar-refractivity contribution in [2.24, 2.45) is 0 Å². The van der Waals surface area contributed by atoms with Crippen molar-refractivity contribution in [3.8, 4) is 0 Å². The van der Waals surface area contributed by atoms with Crippen molar-refractivity contribution in [3.63, 3.8) is 0 Å². The number of carbonyl (C=O) groups is 2. The highest BCUT2D eigenvalue weighted by Crippen LogP contribution is 2.37. The minimum absolute atomic E-state index is 0.000813. The Morgan fingerprint density at radius 3 is 2.41 bits per heavy atom. The van der Waals surface area contributed by atoms with Crippen LogP contribution in [0.25, 0.3) is 10.9 Å². The lowest BCUT2D eigenvalue weighted by atomic mass is 9.76. The van der Waals surface area contributed by atoms with E-state index in [1.54, 1.807) is 12.3 Å². The summed E-state index contributed by atoms with van der Waals surface area (Å²) in [6, 6.07) is 18.1. The maximum absolute atomic E-state index is 14.3. The predicted molar refractivity (Wildman–Crippen MR) is 165 cm³/mol. The molecule has 44 heavy (non-hydrogen) atoms. The maximum atomic E-state index is 14.3. The molecule has 0 bridgehead atoms. The maximum Gasteiger partial charge on any atom is 0.320 e. The van der Waals surface area contributed by atoms with Crippen LogP contribution in [0.1, 0.15) is 36.2 Å². The molecule has 0 saturated carbocycles. The molecule has 13 heteroatoms. The fourth-order valence-electron chi connectivity index (χ4n) is 6.35. The Bertz CT molecular complexity index is 1830. The number of hydrogen-bond acceptors (Lipinski definition) is 7. The number of amides is 3. The minimum Gasteiger partial charge on any atom is -0.358 e. The van der Waals surface area contributed by atoms with Crippen LogP contribution in [0.15, 0.2) is 72.9 Å². The van der Waals surface area contributed by atoms with E-state index in [1.165, 1.54) is 24.3 Å². The third-order valence-corrected chi connectivity index (χ3v) is 10.5. The second kappa shape index (κ2) is 11.4. The fraction of sp³-hybridized carbons (Fsp3) is 0.323. The minimum atomic E-state index is -3.18. The van der Waals surface area contributed by atoms with E-state index in [0.29, 0.717) is 31.4 Å². The average Bonchev–Trinajstić information content (AvgIpc) is 3.39. The Kier molecular flexibility index (Phi) is 7.58. The van der Waals surface area contributed by atoms with Crippen LogP contribution < -0.4 is 16.0 Å². The van der Waals surface area contributed by atoms with Crippen molar-refractivity contribution >= 4 is 44.1 Å². The molecular formula is C31H32N6O6S. The molecule has 6 rings (SSSR count). The van der Waals surface area contributed by atoms with Crippen molar-refractivity contribution in [3.05, 3.63) is 100.0 Å². The molecule has 2 aromatic carbocycles. The number of aromatic amines is 1. The summed E-state index contributed by atoms with van der Waals surface area (Å²) in [5, 5.41) is 20.7. The van der Waals surface area contributed by atoms with Gasteiger partial charge in [-0.15, -0.1) is 0 Å². The third kappa shape index (κ3) is 5.74. The first kappa shape index (κ1) is 29.3. The van der Waals surface area contributed by atoms with Crippen LogP contribution in [-0.2, 0) is 32.9 Å². The number of anilines is 1. The van der Waals surface area contributed by atoms with Crippen LogP contribution in [0.3, 0.4) is 0 Å². The fourth-order valence-corrected chi connectivity index (χ4v) is 7.96. The Morgan fingerprint density at radius 1 is 0.977 bits per heavy atom. The van der Waals surface area contributed by atoms with E-state index in [4.69, 9.17) is 0 Å². The van der Waals surface area contributed by atoms with Gasteiger partial charge < -0.3 is 20.9 Å². The number of nitrogens with one attached hydrogen (secondary N) is 4. The number of nitrogens with zero attached hydrogens (tertiary/aromatic N) is 2. The number of para-hydroxylation sites is 1. The summed E-state index contributed by atoms with van der Waals surface area (Å²) < 4.78 is 24.7. The summed E-state index contributed by atoms with van der Waals surface area (Å²) in [6.45, 7) is 0.159. The molecule has 2 aliphatic rings. The molecule has 3 amide bonds. The number of carbonyl (C=O) groups excluding carboxylic acids is 2. The van der Waals surface area contributed by atoms with Gasteiger partial charge in [0.15, 0.2) is 0 Å². The number of fused-ring (bicyclic) bond motifs is 3. The monoisotopic (exact) mass is 616 g/mol. The van der Waals surface area contributed by atoms with Gasteiger partial charge in [-0.25, -0.2) is 13.2 Å². The number of hydrogen-bond donors (Lipinski definition) is 4. The number of nitro benzene ring substituents is 1. The molecule has 1 aliphatic carbocycles. The molecule has 12 nitrogen and oxygen atoms in total. The van der Waals surface area contributed by atoms with Crippen LogP contribution in [0.2, 0.25) is 0 Å². The zero-order chi connectivity index (χ0) is 31.0. The van der Waals surface area contributed by atoms with Crippen molar-refractivity contribution in [1.29, 1.82) is 0 Å². The number of H-pyrrole nitrogens is 1. The first-order valence-electron chi connectivity index (χ1n) is 14.4. The number of aromatic nitrogens is 2. The van der Waals surface area contributed by atoms with Gasteiger partial charge in [-0.2, -0.15) is 0 Å². The van der Waals surface area contributed by atoms with E-state index in [0.717, 1.165) is 27.9 Å². The molecule has 1 unspecified atom stereocenters. The normalized spacial score (nSPS) is 20.3. The van der Waals surface area contributed by atoms with Crippen LogP contribution in [-0.4, -0.2) is 58.8 Å². The summed E-state index contributed by atoms with van der Waals surface area (Å²) in [7, 11) is -3.18. The Balaban J connectivity index is 1.28. The second-order valence-corrected chi connectivity index (χ2v) is 13.9. The van der Waals surface area contributed by atoms with Gasteiger partial charge >= 0.3 is 6.03 Å². The van der Waals surface area contributed by atoms with Crippen LogP contribution >= 0.6 is 0 Å². The summed E-state index contributed by atoms with van der Waals surface area (Å²) >= 11 is 0. The van der Waals surface area contributed by atoms with E-state index in [2.05, 4.69) is 25.9 Å². The summed E-state index contributed by atoms with van der Waals surface area (Å²) in [4.78, 5) is 46.1. The zero-order valence-corrected chi connectivity index (χ0v) is 24.7. The average molecular weight is 617 g/mol. The quantitative estimate of drug-likeness (QED) is 0.180. The van der Waals surface area contributed by atoms with E-state index in [-0.39, 0.29) is 36.1 Å². The Labute approximate surface area is 253 Å². The van der Waals surface area contributed by atoms with Gasteiger partial charge in [-0.05, 0) is 61.6 Å². The van der Waals surface area contributed by atoms with Gasteiger partial charge in [0.1, 0.15) is 15.4 Å². The molecule has 1 saturated heterocycles. The summed E-state index contributed by atoms with van der Waals surface area (Å²) in [6.07, 6.45) is 3.36. The van der Waals surface area contributed by atoms with Gasteiger partial charge in [-0.1, -0.05) is 24.3 Å². The molecule has 2 aromatic heterocycles. The van der Waals surface area contributed by atoms with Crippen LogP contribution in [0.5, 0.6) is 0 Å². The summed E-state index contributed by atoms with van der Waals surface area (Å²) in [5.74, 6) is -0.380. The lowest BCUT2D eigenvalue weighted by Crippen LogP contribution is -2.63. The smallest absolute Gasteiger partial charge is 0.320 e. The van der Waals surface area contributed by atoms with Gasteiger partial charge in [0.25, 0.3) is 5.69 Å². The van der Waals surface area contributed by atoms with Crippen LogP contribution in [0.4, 0.5) is 16.2 Å². The summed E-state index contributed by atoms with van der Waals surface area (Å²) in [5.41, 5.74) is 1.85. The van der Waals surface area contributed by atoms with Crippen molar-refractivity contribution in [1.82, 2.24) is 20.6 Å². The number of urea groups is 1. The third-order valence-electron chi connectivity index (χ3n) is 8.88. The van der Waals surface area contributed by atoms with Gasteiger partial charge in [0.05, 0.1) is 16.4 Å². The van der Waals surface area contributed by atoms with Gasteiger partial charge in [0, 0.05) is 64.7 Å². The topological polar surface area (TPSA) is 176 Å². The van der Waals surface area contributed by atoms with Crippen molar-refractivity contribution in [2.45, 2.75) is 43.1 Å². The predicted octanol–water partition coefficient (Wildman–Crippen LogP) is 3.78. The van der Waals surface area contributed by atoms with Gasteiger partial charge in [0.2, 0.25) is 5.91 Å². The molecule has 1 aliphatic heterocycles. The van der Waals surface area contributed by atoms with E-state index in [1.807, 2.05) is 36.4 Å². The molecule has 1 atom stereocenters. The largest absolute Gasteiger partial charge is 0.358 e. The molecule has 3 heterocycles. The van der Waals surface area contributed by atoms with E-state index >= 15 is 0 Å². The number of benzene rings is 2. The van der Waals surface area contributed by atoms with Gasteiger partial charge in [-0.3, -0.25) is 19.9 Å². The number of aryl methyl sites for hydroxylation is 1. The Morgan fingerprint density at radius 2 is 1.70 bits per heavy atom. The SMILES string of the molecule is O=C(Nc1ccc([N+](=O)[O-])cc1)NC1(C(=O)NCC2(c3ccccn3)CCS(=O)(=O)CC2)CCc2[nH]c3ccccc3c2C1. The number of nitro groups is 1. The molecule has 1 fully saturated rings. The molecule has 228 valence electrons. The lowest BCUT2D eigenvalue weighted by molar-refractivity contribution is -0.384. The van der Waals surface area contributed by atoms with E-state index in [9.17, 15) is 28.1 Å². The number of sulfone groups is 1. The highest BCUT2D eigenvalue weighted by molar-refractivity contribution is 7.91. The molecule has 0 radical (unpaired) electrons. The first-order chi connectivity index (χ1) is 21.1. The van der Waals surface area contributed by atoms with Crippen molar-refractivity contribution in [2.75, 3.05) is 23.4 Å². The first-order valence-corrected chi connectivity index (χ1v) is 16.2. The number of pyridine rings is 1. The lowest BCUT2D eigenvalue weighted by Gasteiger charge is -2.40. The Hall–Kier alpha value is -4.78. The number of non-ortho nitro benzene ring substituents is 1. The van der Waals surface area contributed by atoms with Crippen LogP contribution in [0, 0.1) is 10.1 Å². The highest BCUT2D eigenvalue weighted by atomic mass is 32.2. The number of rotatable bonds is 7. The molecular weight excluding hydrogens is 584 g/mol. The molecule has 4 aromatic rings. The van der Waals surface area contributed by atoms with Crippen molar-refractivity contribution < 1.29 is 22.9 Å². The molecule has 0 spiro atoms. The zero-order valence-electron chi connectivity index (χ0n) is 23.8. The molecule has 4 N–H and O–H groups in total. The highest BCUT2D eigenvalue weighted by Gasteiger charge is 2.46. The van der Waals surface area contributed by atoms with E-state index < -0.39 is 31.7 Å². The standard InChI is InChI=1S/C31H32N6O6S/c38-28(33-20-30(27-7-3-4-16-32-27)14-17-44(42,43)18-15-30)31(36-29(39)34-21-8-10-22(11-9-21)37(40)41)13-12-26-24(19-31)23-5-1-2-6-25(23)35-26/h1-11,16,35H,12-15,17-20H2,(H,33,38)(H2,34,36,39).